The summed E-state index contributed by atoms with van der Waals surface area (Å²) >= 11 is 6.08. The van der Waals surface area contributed by atoms with E-state index in [1.54, 1.807) is 17.3 Å². The molecule has 2 heterocycles. The third-order valence-electron chi connectivity index (χ3n) is 3.29. The number of nitrogens with zero attached hydrogens (tertiary/aromatic N) is 3. The predicted octanol–water partition coefficient (Wildman–Crippen LogP) is 0.760. The molecule has 1 amide bonds. The molecule has 1 aliphatic heterocycles. The zero-order valence-corrected chi connectivity index (χ0v) is 11.7. The average Bonchev–Trinajstić information content (AvgIpc) is 2.41. The Morgan fingerprint density at radius 1 is 1.47 bits per heavy atom. The summed E-state index contributed by atoms with van der Waals surface area (Å²) < 4.78 is 0. The zero-order chi connectivity index (χ0) is 13.8. The van der Waals surface area contributed by atoms with Crippen LogP contribution in [0.25, 0.3) is 0 Å². The summed E-state index contributed by atoms with van der Waals surface area (Å²) in [4.78, 5) is 19.6. The SMILES string of the molecule is CC(O)C(=O)N1CCN(Cc2ccncc2Cl)CC1. The number of aliphatic hydroxyl groups excluding tert-OH is 1. The predicted molar refractivity (Wildman–Crippen MR) is 72.8 cm³/mol. The standard InChI is InChI=1S/C13H18ClN3O2/c1-10(18)13(19)17-6-4-16(5-7-17)9-11-2-3-15-8-12(11)14/h2-3,8,10,18H,4-7,9H2,1H3. The van der Waals surface area contributed by atoms with Gasteiger partial charge in [-0.15, -0.1) is 0 Å². The maximum atomic E-state index is 11.6. The topological polar surface area (TPSA) is 56.7 Å². The van der Waals surface area contributed by atoms with Crippen molar-refractivity contribution < 1.29 is 9.90 Å². The van der Waals surface area contributed by atoms with E-state index in [1.165, 1.54) is 6.92 Å². The minimum absolute atomic E-state index is 0.193. The van der Waals surface area contributed by atoms with Crippen LogP contribution in [0, 0.1) is 0 Å². The van der Waals surface area contributed by atoms with Crippen LogP contribution in [0.15, 0.2) is 18.5 Å². The van der Waals surface area contributed by atoms with Gasteiger partial charge in [-0.2, -0.15) is 0 Å². The van der Waals surface area contributed by atoms with E-state index in [9.17, 15) is 9.90 Å². The number of carbonyl (C=O) groups is 1. The summed E-state index contributed by atoms with van der Waals surface area (Å²) in [6, 6.07) is 1.91. The fourth-order valence-corrected chi connectivity index (χ4v) is 2.34. The molecule has 1 atom stereocenters. The molecule has 2 rings (SSSR count). The number of carbonyl (C=O) groups excluding carboxylic acids is 1. The molecular weight excluding hydrogens is 266 g/mol. The average molecular weight is 284 g/mol. The lowest BCUT2D eigenvalue weighted by molar-refractivity contribution is -0.141. The first-order chi connectivity index (χ1) is 9.08. The van der Waals surface area contributed by atoms with Crippen molar-refractivity contribution in [1.82, 2.24) is 14.8 Å². The molecular formula is C13H18ClN3O2. The molecule has 5 nitrogen and oxygen atoms in total. The van der Waals surface area contributed by atoms with E-state index < -0.39 is 6.10 Å². The Bertz CT molecular complexity index is 445. The third kappa shape index (κ3) is 3.65. The molecule has 1 fully saturated rings. The van der Waals surface area contributed by atoms with E-state index in [-0.39, 0.29) is 5.91 Å². The second kappa shape index (κ2) is 6.32. The smallest absolute Gasteiger partial charge is 0.251 e. The van der Waals surface area contributed by atoms with Gasteiger partial charge in [0, 0.05) is 45.1 Å². The van der Waals surface area contributed by atoms with Crippen LogP contribution in [0.1, 0.15) is 12.5 Å². The minimum Gasteiger partial charge on any atom is -0.384 e. The molecule has 0 aromatic carbocycles. The quantitative estimate of drug-likeness (QED) is 0.890. The maximum Gasteiger partial charge on any atom is 0.251 e. The van der Waals surface area contributed by atoms with Crippen molar-refractivity contribution in [2.75, 3.05) is 26.2 Å². The summed E-state index contributed by atoms with van der Waals surface area (Å²) in [6.07, 6.45) is 2.46. The number of halogens is 1. The van der Waals surface area contributed by atoms with Crippen molar-refractivity contribution in [3.05, 3.63) is 29.0 Å². The second-order valence-corrected chi connectivity index (χ2v) is 5.15. The Hall–Kier alpha value is -1.17. The Labute approximate surface area is 117 Å². The third-order valence-corrected chi connectivity index (χ3v) is 3.63. The van der Waals surface area contributed by atoms with E-state index in [4.69, 9.17) is 11.6 Å². The highest BCUT2D eigenvalue weighted by atomic mass is 35.5. The Balaban J connectivity index is 1.87. The van der Waals surface area contributed by atoms with Crippen LogP contribution < -0.4 is 0 Å². The highest BCUT2D eigenvalue weighted by Gasteiger charge is 2.23. The normalized spacial score (nSPS) is 18.4. The lowest BCUT2D eigenvalue weighted by Gasteiger charge is -2.35. The summed E-state index contributed by atoms with van der Waals surface area (Å²) in [5.41, 5.74) is 1.05. The van der Waals surface area contributed by atoms with Crippen LogP contribution in [-0.4, -0.2) is 58.1 Å². The number of amides is 1. The van der Waals surface area contributed by atoms with Gasteiger partial charge in [-0.05, 0) is 18.6 Å². The summed E-state index contributed by atoms with van der Waals surface area (Å²) in [5, 5.41) is 9.95. The van der Waals surface area contributed by atoms with Gasteiger partial charge < -0.3 is 10.0 Å². The van der Waals surface area contributed by atoms with Gasteiger partial charge in [0.05, 0.1) is 5.02 Å². The zero-order valence-electron chi connectivity index (χ0n) is 10.9. The number of piperazine rings is 1. The van der Waals surface area contributed by atoms with Crippen LogP contribution in [0.2, 0.25) is 5.02 Å². The number of pyridine rings is 1. The van der Waals surface area contributed by atoms with Crippen LogP contribution in [0.3, 0.4) is 0 Å². The Kier molecular flexibility index (Phi) is 4.74. The number of hydrogen-bond acceptors (Lipinski definition) is 4. The van der Waals surface area contributed by atoms with Crippen molar-refractivity contribution in [2.45, 2.75) is 19.6 Å². The number of rotatable bonds is 3. The first-order valence-electron chi connectivity index (χ1n) is 6.35. The molecule has 1 unspecified atom stereocenters. The molecule has 0 spiro atoms. The number of aromatic nitrogens is 1. The number of hydrogen-bond donors (Lipinski definition) is 1. The number of aliphatic hydroxyl groups is 1. The van der Waals surface area contributed by atoms with Crippen LogP contribution in [0.5, 0.6) is 0 Å². The molecule has 104 valence electrons. The van der Waals surface area contributed by atoms with Crippen LogP contribution in [0.4, 0.5) is 0 Å². The largest absolute Gasteiger partial charge is 0.384 e. The Morgan fingerprint density at radius 3 is 2.74 bits per heavy atom. The van der Waals surface area contributed by atoms with Crippen molar-refractivity contribution in [2.24, 2.45) is 0 Å². The van der Waals surface area contributed by atoms with Crippen molar-refractivity contribution >= 4 is 17.5 Å². The van der Waals surface area contributed by atoms with Gasteiger partial charge in [0.25, 0.3) is 5.91 Å². The van der Waals surface area contributed by atoms with E-state index >= 15 is 0 Å². The first-order valence-corrected chi connectivity index (χ1v) is 6.73. The van der Waals surface area contributed by atoms with E-state index in [1.807, 2.05) is 6.07 Å². The Morgan fingerprint density at radius 2 is 2.16 bits per heavy atom. The molecule has 0 aliphatic carbocycles. The molecule has 1 saturated heterocycles. The van der Waals surface area contributed by atoms with Gasteiger partial charge in [-0.25, -0.2) is 0 Å². The molecule has 1 aromatic rings. The molecule has 1 N–H and O–H groups in total. The fourth-order valence-electron chi connectivity index (χ4n) is 2.16. The lowest BCUT2D eigenvalue weighted by atomic mass is 10.2. The highest BCUT2D eigenvalue weighted by molar-refractivity contribution is 6.31. The summed E-state index contributed by atoms with van der Waals surface area (Å²) in [5.74, 6) is -0.193. The monoisotopic (exact) mass is 283 g/mol. The van der Waals surface area contributed by atoms with Crippen molar-refractivity contribution in [1.29, 1.82) is 0 Å². The minimum atomic E-state index is -0.916. The van der Waals surface area contributed by atoms with Gasteiger partial charge in [-0.3, -0.25) is 14.7 Å². The van der Waals surface area contributed by atoms with E-state index in [0.717, 1.165) is 25.2 Å². The van der Waals surface area contributed by atoms with E-state index in [2.05, 4.69) is 9.88 Å². The molecule has 19 heavy (non-hydrogen) atoms. The van der Waals surface area contributed by atoms with Crippen molar-refractivity contribution in [3.8, 4) is 0 Å². The molecule has 0 radical (unpaired) electrons. The first kappa shape index (κ1) is 14.2. The fraction of sp³-hybridized carbons (Fsp3) is 0.538. The van der Waals surface area contributed by atoms with Gasteiger partial charge in [0.15, 0.2) is 0 Å². The second-order valence-electron chi connectivity index (χ2n) is 4.74. The molecule has 1 aromatic heterocycles. The molecule has 1 aliphatic rings. The van der Waals surface area contributed by atoms with Gasteiger partial charge >= 0.3 is 0 Å². The van der Waals surface area contributed by atoms with Gasteiger partial charge in [0.2, 0.25) is 0 Å². The van der Waals surface area contributed by atoms with Crippen molar-refractivity contribution in [3.63, 3.8) is 0 Å². The molecule has 0 bridgehead atoms. The van der Waals surface area contributed by atoms with Crippen LogP contribution >= 0.6 is 11.6 Å². The summed E-state index contributed by atoms with van der Waals surface area (Å²) in [6.45, 7) is 5.14. The lowest BCUT2D eigenvalue weighted by Crippen LogP contribution is -2.50. The highest BCUT2D eigenvalue weighted by Crippen LogP contribution is 2.16. The summed E-state index contributed by atoms with van der Waals surface area (Å²) in [7, 11) is 0. The van der Waals surface area contributed by atoms with Gasteiger partial charge in [0.1, 0.15) is 6.10 Å². The molecule has 6 heteroatoms. The maximum absolute atomic E-state index is 11.6. The molecule has 0 saturated carbocycles. The van der Waals surface area contributed by atoms with E-state index in [0.29, 0.717) is 18.1 Å². The van der Waals surface area contributed by atoms with Gasteiger partial charge in [-0.1, -0.05) is 11.6 Å². The van der Waals surface area contributed by atoms with Crippen LogP contribution in [-0.2, 0) is 11.3 Å².